The minimum Gasteiger partial charge on any atom is -0.340 e. The lowest BCUT2D eigenvalue weighted by atomic mass is 9.98. The lowest BCUT2D eigenvalue weighted by Crippen LogP contribution is -2.38. The van der Waals surface area contributed by atoms with Crippen LogP contribution in [0.15, 0.2) is 33.7 Å². The Kier molecular flexibility index (Phi) is 3.96. The predicted molar refractivity (Wildman–Crippen MR) is 76.2 cm³/mol. The molecular formula is C14H16FN3O3S. The van der Waals surface area contributed by atoms with Gasteiger partial charge in [-0.1, -0.05) is 11.2 Å². The molecule has 0 saturated carbocycles. The number of benzene rings is 1. The van der Waals surface area contributed by atoms with E-state index in [0.717, 1.165) is 6.07 Å². The second kappa shape index (κ2) is 5.77. The van der Waals surface area contributed by atoms with E-state index >= 15 is 0 Å². The van der Waals surface area contributed by atoms with E-state index in [1.165, 1.54) is 22.5 Å². The van der Waals surface area contributed by atoms with Crippen LogP contribution in [0.4, 0.5) is 4.39 Å². The van der Waals surface area contributed by atoms with Crippen molar-refractivity contribution < 1.29 is 17.3 Å². The second-order valence-electron chi connectivity index (χ2n) is 5.31. The molecule has 2 heterocycles. The lowest BCUT2D eigenvalue weighted by Gasteiger charge is -2.29. The van der Waals surface area contributed by atoms with Gasteiger partial charge in [0.2, 0.25) is 15.9 Å². The van der Waals surface area contributed by atoms with Crippen molar-refractivity contribution in [3.05, 3.63) is 41.8 Å². The number of aryl methyl sites for hydroxylation is 1. The van der Waals surface area contributed by atoms with E-state index < -0.39 is 15.8 Å². The third-order valence-electron chi connectivity index (χ3n) is 3.80. The van der Waals surface area contributed by atoms with E-state index in [2.05, 4.69) is 10.1 Å². The van der Waals surface area contributed by atoms with Gasteiger partial charge in [-0.2, -0.15) is 9.29 Å². The minimum absolute atomic E-state index is 0.0126. The summed E-state index contributed by atoms with van der Waals surface area (Å²) in [6, 6.07) is 5.08. The van der Waals surface area contributed by atoms with Gasteiger partial charge in [0.25, 0.3) is 0 Å². The van der Waals surface area contributed by atoms with Gasteiger partial charge in [-0.25, -0.2) is 12.8 Å². The summed E-state index contributed by atoms with van der Waals surface area (Å²) in [5.74, 6) is 0.666. The Labute approximate surface area is 128 Å². The number of hydrogen-bond acceptors (Lipinski definition) is 5. The summed E-state index contributed by atoms with van der Waals surface area (Å²) in [5.41, 5.74) is 0. The van der Waals surface area contributed by atoms with E-state index in [0.29, 0.717) is 37.6 Å². The molecule has 2 aromatic rings. The summed E-state index contributed by atoms with van der Waals surface area (Å²) in [6.45, 7) is 2.44. The Balaban J connectivity index is 1.73. The Morgan fingerprint density at radius 3 is 2.64 bits per heavy atom. The second-order valence-corrected chi connectivity index (χ2v) is 7.25. The van der Waals surface area contributed by atoms with Crippen molar-refractivity contribution in [3.63, 3.8) is 0 Å². The number of nitrogens with zero attached hydrogens (tertiary/aromatic N) is 3. The van der Waals surface area contributed by atoms with E-state index in [4.69, 9.17) is 4.52 Å². The molecule has 0 amide bonds. The topological polar surface area (TPSA) is 76.3 Å². The first kappa shape index (κ1) is 15.1. The fourth-order valence-electron chi connectivity index (χ4n) is 2.61. The Morgan fingerprint density at radius 2 is 2.05 bits per heavy atom. The Morgan fingerprint density at radius 1 is 1.32 bits per heavy atom. The highest BCUT2D eigenvalue weighted by molar-refractivity contribution is 7.89. The summed E-state index contributed by atoms with van der Waals surface area (Å²) in [5, 5.41) is 3.89. The third-order valence-corrected chi connectivity index (χ3v) is 5.69. The number of sulfonamides is 1. The molecular weight excluding hydrogens is 309 g/mol. The molecule has 118 valence electrons. The van der Waals surface area contributed by atoms with Crippen LogP contribution >= 0.6 is 0 Å². The van der Waals surface area contributed by atoms with Crippen molar-refractivity contribution in [1.29, 1.82) is 0 Å². The van der Waals surface area contributed by atoms with Crippen molar-refractivity contribution in [1.82, 2.24) is 14.4 Å². The van der Waals surface area contributed by atoms with E-state index in [-0.39, 0.29) is 10.8 Å². The SMILES string of the molecule is Cc1nc(C2CCN(S(=O)(=O)c3cccc(F)c3)CC2)no1. The average molecular weight is 325 g/mol. The van der Waals surface area contributed by atoms with Gasteiger partial charge in [0.05, 0.1) is 4.90 Å². The van der Waals surface area contributed by atoms with E-state index in [1.807, 2.05) is 0 Å². The molecule has 0 unspecified atom stereocenters. The molecule has 0 atom stereocenters. The Hall–Kier alpha value is -1.80. The first-order chi connectivity index (χ1) is 10.5. The van der Waals surface area contributed by atoms with Crippen molar-refractivity contribution in [2.75, 3.05) is 13.1 Å². The standard InChI is InChI=1S/C14H16FN3O3S/c1-10-16-14(17-21-10)11-5-7-18(8-6-11)22(19,20)13-4-2-3-12(15)9-13/h2-4,9,11H,5-8H2,1H3. The number of piperidine rings is 1. The van der Waals surface area contributed by atoms with Crippen LogP contribution in [-0.4, -0.2) is 36.0 Å². The molecule has 0 radical (unpaired) electrons. The number of rotatable bonds is 3. The normalized spacial score (nSPS) is 17.7. The predicted octanol–water partition coefficient (Wildman–Crippen LogP) is 2.09. The molecule has 3 rings (SSSR count). The van der Waals surface area contributed by atoms with E-state index in [1.54, 1.807) is 6.92 Å². The van der Waals surface area contributed by atoms with Crippen molar-refractivity contribution in [3.8, 4) is 0 Å². The minimum atomic E-state index is -3.66. The summed E-state index contributed by atoms with van der Waals surface area (Å²) >= 11 is 0. The monoisotopic (exact) mass is 325 g/mol. The number of hydrogen-bond donors (Lipinski definition) is 0. The quantitative estimate of drug-likeness (QED) is 0.863. The van der Waals surface area contributed by atoms with Crippen LogP contribution in [0.2, 0.25) is 0 Å². The molecule has 0 aliphatic carbocycles. The van der Waals surface area contributed by atoms with Gasteiger partial charge in [0, 0.05) is 25.9 Å². The zero-order valence-electron chi connectivity index (χ0n) is 12.1. The van der Waals surface area contributed by atoms with Crippen LogP contribution in [0, 0.1) is 12.7 Å². The highest BCUT2D eigenvalue weighted by Gasteiger charge is 2.31. The summed E-state index contributed by atoms with van der Waals surface area (Å²) < 4.78 is 44.6. The summed E-state index contributed by atoms with van der Waals surface area (Å²) in [7, 11) is -3.66. The molecule has 8 heteroatoms. The largest absolute Gasteiger partial charge is 0.340 e. The van der Waals surface area contributed by atoms with Crippen LogP contribution in [0.5, 0.6) is 0 Å². The van der Waals surface area contributed by atoms with Crippen LogP contribution in [0.25, 0.3) is 0 Å². The first-order valence-electron chi connectivity index (χ1n) is 7.03. The van der Waals surface area contributed by atoms with Gasteiger partial charge in [0.1, 0.15) is 5.82 Å². The molecule has 0 spiro atoms. The van der Waals surface area contributed by atoms with Crippen LogP contribution in [0.3, 0.4) is 0 Å². The zero-order valence-corrected chi connectivity index (χ0v) is 12.9. The molecule has 1 aliphatic rings. The maximum Gasteiger partial charge on any atom is 0.243 e. The molecule has 1 aliphatic heterocycles. The number of halogens is 1. The molecule has 6 nitrogen and oxygen atoms in total. The maximum absolute atomic E-state index is 13.2. The molecule has 22 heavy (non-hydrogen) atoms. The fraction of sp³-hybridized carbons (Fsp3) is 0.429. The molecule has 0 bridgehead atoms. The van der Waals surface area contributed by atoms with Gasteiger partial charge in [0.15, 0.2) is 5.82 Å². The van der Waals surface area contributed by atoms with Crippen molar-refractivity contribution in [2.24, 2.45) is 0 Å². The highest BCUT2D eigenvalue weighted by Crippen LogP contribution is 2.29. The smallest absolute Gasteiger partial charge is 0.243 e. The van der Waals surface area contributed by atoms with Gasteiger partial charge in [-0.3, -0.25) is 0 Å². The molecule has 1 aromatic heterocycles. The highest BCUT2D eigenvalue weighted by atomic mass is 32.2. The molecule has 1 fully saturated rings. The van der Waals surface area contributed by atoms with Gasteiger partial charge >= 0.3 is 0 Å². The summed E-state index contributed by atoms with van der Waals surface area (Å²) in [4.78, 5) is 4.18. The molecule has 1 saturated heterocycles. The van der Waals surface area contributed by atoms with E-state index in [9.17, 15) is 12.8 Å². The van der Waals surface area contributed by atoms with Crippen molar-refractivity contribution >= 4 is 10.0 Å². The van der Waals surface area contributed by atoms with Crippen LogP contribution in [-0.2, 0) is 10.0 Å². The zero-order chi connectivity index (χ0) is 15.7. The number of aromatic nitrogens is 2. The van der Waals surface area contributed by atoms with Crippen LogP contribution < -0.4 is 0 Å². The Bertz CT molecular complexity index is 767. The maximum atomic E-state index is 13.2. The van der Waals surface area contributed by atoms with Gasteiger partial charge < -0.3 is 4.52 Å². The average Bonchev–Trinajstić information content (AvgIpc) is 2.94. The molecule has 1 aromatic carbocycles. The van der Waals surface area contributed by atoms with Crippen LogP contribution in [0.1, 0.15) is 30.5 Å². The fourth-order valence-corrected chi connectivity index (χ4v) is 4.11. The third kappa shape index (κ3) is 2.89. The van der Waals surface area contributed by atoms with Crippen molar-refractivity contribution in [2.45, 2.75) is 30.6 Å². The van der Waals surface area contributed by atoms with Gasteiger partial charge in [-0.05, 0) is 31.0 Å². The van der Waals surface area contributed by atoms with Gasteiger partial charge in [-0.15, -0.1) is 0 Å². The first-order valence-corrected chi connectivity index (χ1v) is 8.47. The summed E-state index contributed by atoms with van der Waals surface area (Å²) in [6.07, 6.45) is 1.24. The molecule has 0 N–H and O–H groups in total. The lowest BCUT2D eigenvalue weighted by molar-refractivity contribution is 0.305.